The maximum Gasteiger partial charge on any atom is 0.223 e. The van der Waals surface area contributed by atoms with Crippen LogP contribution in [0, 0.1) is 0 Å². The van der Waals surface area contributed by atoms with Gasteiger partial charge in [0.25, 0.3) is 0 Å². The summed E-state index contributed by atoms with van der Waals surface area (Å²) in [7, 11) is 0. The first-order chi connectivity index (χ1) is 12.3. The van der Waals surface area contributed by atoms with E-state index in [2.05, 4.69) is 34.2 Å². The zero-order valence-electron chi connectivity index (χ0n) is 14.0. The number of aryl methyl sites for hydroxylation is 1. The molecule has 2 aromatic heterocycles. The van der Waals surface area contributed by atoms with Crippen molar-refractivity contribution >= 4 is 16.8 Å². The molecule has 0 saturated carbocycles. The van der Waals surface area contributed by atoms with Crippen LogP contribution >= 0.6 is 0 Å². The molecule has 1 aliphatic rings. The van der Waals surface area contributed by atoms with Crippen LogP contribution in [0.3, 0.4) is 0 Å². The zero-order chi connectivity index (χ0) is 17.1. The molecule has 0 unspecified atom stereocenters. The first-order valence-corrected chi connectivity index (χ1v) is 8.68. The maximum atomic E-state index is 12.5. The summed E-state index contributed by atoms with van der Waals surface area (Å²) in [5.74, 6) is 1.02. The lowest BCUT2D eigenvalue weighted by atomic mass is 10.1. The molecule has 3 heterocycles. The van der Waals surface area contributed by atoms with Crippen LogP contribution in [0.1, 0.15) is 18.4 Å². The molecular weight excluding hydrogens is 314 g/mol. The number of likely N-dealkylation sites (tertiary alicyclic amines) is 1. The lowest BCUT2D eigenvalue weighted by Gasteiger charge is -2.17. The third-order valence-electron chi connectivity index (χ3n) is 4.70. The molecule has 25 heavy (non-hydrogen) atoms. The molecule has 1 atom stereocenters. The first kappa shape index (κ1) is 15.7. The topological polar surface area (TPSA) is 58.2 Å². The number of pyridine rings is 1. The third-order valence-corrected chi connectivity index (χ3v) is 4.70. The second kappa shape index (κ2) is 6.97. The predicted octanol–water partition coefficient (Wildman–Crippen LogP) is 3.18. The van der Waals surface area contributed by atoms with E-state index in [-0.39, 0.29) is 12.0 Å². The minimum absolute atomic E-state index is 0.0718. The third kappa shape index (κ3) is 3.65. The number of ether oxygens (including phenoxy) is 1. The average Bonchev–Trinajstić information content (AvgIpc) is 3.29. The summed E-state index contributed by atoms with van der Waals surface area (Å²) in [6.45, 7) is 1.43. The second-order valence-corrected chi connectivity index (χ2v) is 6.45. The van der Waals surface area contributed by atoms with Gasteiger partial charge in [-0.2, -0.15) is 0 Å². The number of fused-ring (bicyclic) bond motifs is 1. The Morgan fingerprint density at radius 1 is 1.24 bits per heavy atom. The van der Waals surface area contributed by atoms with Crippen LogP contribution in [0.2, 0.25) is 0 Å². The van der Waals surface area contributed by atoms with Crippen LogP contribution in [0.5, 0.6) is 5.75 Å². The number of amides is 1. The van der Waals surface area contributed by atoms with Crippen LogP contribution in [0.4, 0.5) is 0 Å². The van der Waals surface area contributed by atoms with E-state index >= 15 is 0 Å². The van der Waals surface area contributed by atoms with Crippen molar-refractivity contribution in [3.05, 3.63) is 60.6 Å². The molecule has 1 fully saturated rings. The number of carbonyl (C=O) groups is 1. The van der Waals surface area contributed by atoms with Crippen molar-refractivity contribution in [1.82, 2.24) is 14.9 Å². The van der Waals surface area contributed by atoms with Crippen molar-refractivity contribution in [2.75, 3.05) is 13.1 Å². The van der Waals surface area contributed by atoms with Crippen molar-refractivity contribution < 1.29 is 9.53 Å². The number of hydrogen-bond acceptors (Lipinski definition) is 3. The number of H-pyrrole nitrogens is 1. The molecule has 5 nitrogen and oxygen atoms in total. The molecule has 1 aliphatic heterocycles. The fourth-order valence-electron chi connectivity index (χ4n) is 3.33. The smallest absolute Gasteiger partial charge is 0.223 e. The van der Waals surface area contributed by atoms with Crippen molar-refractivity contribution in [3.63, 3.8) is 0 Å². The van der Waals surface area contributed by atoms with E-state index in [1.807, 2.05) is 23.2 Å². The molecule has 0 spiro atoms. The van der Waals surface area contributed by atoms with Gasteiger partial charge in [0, 0.05) is 43.5 Å². The van der Waals surface area contributed by atoms with Gasteiger partial charge < -0.3 is 14.6 Å². The molecule has 4 rings (SSSR count). The zero-order valence-corrected chi connectivity index (χ0v) is 14.0. The SMILES string of the molecule is O=C(CCc1ccc2[nH]ccc2c1)N1CC[C@@H](Oc2ccncc2)C1. The highest BCUT2D eigenvalue weighted by atomic mass is 16.5. The van der Waals surface area contributed by atoms with Gasteiger partial charge in [-0.3, -0.25) is 9.78 Å². The Bertz CT molecular complexity index is 860. The fourth-order valence-corrected chi connectivity index (χ4v) is 3.33. The van der Waals surface area contributed by atoms with Gasteiger partial charge >= 0.3 is 0 Å². The number of carbonyl (C=O) groups excluding carboxylic acids is 1. The van der Waals surface area contributed by atoms with E-state index in [0.717, 1.165) is 30.7 Å². The quantitative estimate of drug-likeness (QED) is 0.779. The summed E-state index contributed by atoms with van der Waals surface area (Å²) in [6.07, 6.45) is 7.63. The lowest BCUT2D eigenvalue weighted by Crippen LogP contribution is -2.31. The number of hydrogen-bond donors (Lipinski definition) is 1. The summed E-state index contributed by atoms with van der Waals surface area (Å²) in [6, 6.07) is 12.1. The number of benzene rings is 1. The lowest BCUT2D eigenvalue weighted by molar-refractivity contribution is -0.130. The largest absolute Gasteiger partial charge is 0.488 e. The summed E-state index contributed by atoms with van der Waals surface area (Å²) < 4.78 is 5.92. The van der Waals surface area contributed by atoms with Crippen molar-refractivity contribution in [3.8, 4) is 5.75 Å². The molecule has 3 aromatic rings. The highest BCUT2D eigenvalue weighted by molar-refractivity contribution is 5.80. The van der Waals surface area contributed by atoms with E-state index in [1.54, 1.807) is 12.4 Å². The molecular formula is C20H21N3O2. The van der Waals surface area contributed by atoms with E-state index in [9.17, 15) is 4.79 Å². The molecule has 1 amide bonds. The molecule has 1 aromatic carbocycles. The average molecular weight is 335 g/mol. The van der Waals surface area contributed by atoms with Crippen LogP contribution in [-0.2, 0) is 11.2 Å². The molecule has 1 saturated heterocycles. The molecule has 0 aliphatic carbocycles. The maximum absolute atomic E-state index is 12.5. The van der Waals surface area contributed by atoms with E-state index in [0.29, 0.717) is 13.0 Å². The van der Waals surface area contributed by atoms with Crippen molar-refractivity contribution in [2.24, 2.45) is 0 Å². The Morgan fingerprint density at radius 2 is 2.12 bits per heavy atom. The van der Waals surface area contributed by atoms with E-state index in [4.69, 9.17) is 4.74 Å². The number of aromatic amines is 1. The van der Waals surface area contributed by atoms with Crippen LogP contribution < -0.4 is 4.74 Å². The minimum Gasteiger partial charge on any atom is -0.488 e. The second-order valence-electron chi connectivity index (χ2n) is 6.45. The Balaban J connectivity index is 1.29. The number of nitrogens with one attached hydrogen (secondary N) is 1. The fraction of sp³-hybridized carbons (Fsp3) is 0.300. The number of nitrogens with zero attached hydrogens (tertiary/aromatic N) is 2. The standard InChI is InChI=1S/C20H21N3O2/c24-20(4-2-15-1-3-19-16(13-15)5-11-22-19)23-12-8-18(14-23)25-17-6-9-21-10-7-17/h1,3,5-7,9-11,13,18,22H,2,4,8,12,14H2/t18-/m1/s1. The minimum atomic E-state index is 0.0718. The van der Waals surface area contributed by atoms with Crippen LogP contribution in [0.25, 0.3) is 10.9 Å². The van der Waals surface area contributed by atoms with E-state index < -0.39 is 0 Å². The van der Waals surface area contributed by atoms with Gasteiger partial charge in [-0.1, -0.05) is 6.07 Å². The highest BCUT2D eigenvalue weighted by Crippen LogP contribution is 2.19. The summed E-state index contributed by atoms with van der Waals surface area (Å²) in [5, 5.41) is 1.19. The normalized spacial score (nSPS) is 17.1. The predicted molar refractivity (Wildman–Crippen MR) is 96.5 cm³/mol. The Morgan fingerprint density at radius 3 is 3.00 bits per heavy atom. The van der Waals surface area contributed by atoms with E-state index in [1.165, 1.54) is 10.9 Å². The summed E-state index contributed by atoms with van der Waals surface area (Å²) in [5.41, 5.74) is 2.33. The summed E-state index contributed by atoms with van der Waals surface area (Å²) in [4.78, 5) is 21.6. The van der Waals surface area contributed by atoms with Gasteiger partial charge in [-0.05, 0) is 47.7 Å². The van der Waals surface area contributed by atoms with Crippen LogP contribution in [-0.4, -0.2) is 40.0 Å². The number of rotatable bonds is 5. The van der Waals surface area contributed by atoms with Gasteiger partial charge in [0.1, 0.15) is 11.9 Å². The van der Waals surface area contributed by atoms with Gasteiger partial charge in [0.15, 0.2) is 0 Å². The van der Waals surface area contributed by atoms with Gasteiger partial charge in [0.2, 0.25) is 5.91 Å². The highest BCUT2D eigenvalue weighted by Gasteiger charge is 2.27. The Kier molecular flexibility index (Phi) is 4.37. The Labute approximate surface area is 146 Å². The monoisotopic (exact) mass is 335 g/mol. The van der Waals surface area contributed by atoms with Crippen molar-refractivity contribution in [1.29, 1.82) is 0 Å². The summed E-state index contributed by atoms with van der Waals surface area (Å²) >= 11 is 0. The molecule has 0 bridgehead atoms. The molecule has 1 N–H and O–H groups in total. The van der Waals surface area contributed by atoms with Gasteiger partial charge in [0.05, 0.1) is 6.54 Å². The van der Waals surface area contributed by atoms with Crippen molar-refractivity contribution in [2.45, 2.75) is 25.4 Å². The first-order valence-electron chi connectivity index (χ1n) is 8.68. The van der Waals surface area contributed by atoms with Crippen LogP contribution in [0.15, 0.2) is 55.0 Å². The van der Waals surface area contributed by atoms with Gasteiger partial charge in [-0.15, -0.1) is 0 Å². The molecule has 0 radical (unpaired) electrons. The molecule has 5 heteroatoms. The Hall–Kier alpha value is -2.82. The molecule has 128 valence electrons. The number of aromatic nitrogens is 2. The van der Waals surface area contributed by atoms with Gasteiger partial charge in [-0.25, -0.2) is 0 Å².